The fraction of sp³-hybridized carbons (Fsp3) is 0.364. The summed E-state index contributed by atoms with van der Waals surface area (Å²) >= 11 is 0. The lowest BCUT2D eigenvalue weighted by Crippen LogP contribution is -2.34. The highest BCUT2D eigenvalue weighted by molar-refractivity contribution is 5.64. The van der Waals surface area contributed by atoms with Gasteiger partial charge in [0.2, 0.25) is 0 Å². The third-order valence-electron chi connectivity index (χ3n) is 6.02. The minimum Gasteiger partial charge on any atom is -0.340 e. The lowest BCUT2D eigenvalue weighted by Gasteiger charge is -2.31. The van der Waals surface area contributed by atoms with E-state index in [0.717, 1.165) is 50.1 Å². The highest BCUT2D eigenvalue weighted by Gasteiger charge is 2.20. The number of piperidine rings is 1. The zero-order valence-corrected chi connectivity index (χ0v) is 17.4. The van der Waals surface area contributed by atoms with E-state index in [1.807, 2.05) is 24.1 Å². The minimum atomic E-state index is -0.465. The number of likely N-dealkylation sites (tertiary alicyclic amines) is 1. The third-order valence-corrected chi connectivity index (χ3v) is 6.02. The Bertz CT molecular complexity index is 1320. The number of aromatic amines is 1. The van der Waals surface area contributed by atoms with E-state index in [4.69, 9.17) is 0 Å². The van der Waals surface area contributed by atoms with Crippen LogP contribution in [-0.4, -0.2) is 46.7 Å². The highest BCUT2D eigenvalue weighted by Crippen LogP contribution is 2.24. The number of aryl methyl sites for hydroxylation is 1. The van der Waals surface area contributed by atoms with E-state index in [9.17, 15) is 9.59 Å². The van der Waals surface area contributed by atoms with Crippen molar-refractivity contribution >= 4 is 5.52 Å². The van der Waals surface area contributed by atoms with Crippen LogP contribution in [-0.2, 0) is 20.0 Å². The number of imidazole rings is 1. The van der Waals surface area contributed by atoms with E-state index in [1.165, 1.54) is 22.4 Å². The first kappa shape index (κ1) is 19.5. The molecule has 5 heterocycles. The van der Waals surface area contributed by atoms with Crippen molar-refractivity contribution in [3.05, 3.63) is 81.4 Å². The molecule has 0 bridgehead atoms. The van der Waals surface area contributed by atoms with Crippen LogP contribution in [0.3, 0.4) is 0 Å². The molecule has 31 heavy (non-hydrogen) atoms. The number of hydrogen-bond donors (Lipinski definition) is 1. The van der Waals surface area contributed by atoms with Crippen LogP contribution in [0, 0.1) is 5.92 Å². The number of nitrogens with zero attached hydrogens (tertiary/aromatic N) is 6. The molecule has 160 valence electrons. The SMILES string of the molecule is Cn1cnc(CN2CCC(Cc3ccn4ncc(-n5ccc(=O)[nH]c5=O)c4c3)CC2)c1. The summed E-state index contributed by atoms with van der Waals surface area (Å²) in [6.45, 7) is 3.06. The van der Waals surface area contributed by atoms with Gasteiger partial charge in [-0.2, -0.15) is 5.10 Å². The maximum atomic E-state index is 12.2. The molecule has 9 nitrogen and oxygen atoms in total. The van der Waals surface area contributed by atoms with Crippen molar-refractivity contribution in [3.63, 3.8) is 0 Å². The second-order valence-electron chi connectivity index (χ2n) is 8.33. The second kappa shape index (κ2) is 7.99. The average Bonchev–Trinajstić information content (AvgIpc) is 3.35. The summed E-state index contributed by atoms with van der Waals surface area (Å²) in [7, 11) is 2.00. The molecule has 0 amide bonds. The van der Waals surface area contributed by atoms with Crippen molar-refractivity contribution < 1.29 is 0 Å². The Morgan fingerprint density at radius 2 is 2.00 bits per heavy atom. The molecule has 0 spiro atoms. The predicted molar refractivity (Wildman–Crippen MR) is 116 cm³/mol. The molecule has 9 heteroatoms. The number of fused-ring (bicyclic) bond motifs is 1. The van der Waals surface area contributed by atoms with Crippen LogP contribution in [0.5, 0.6) is 0 Å². The van der Waals surface area contributed by atoms with Crippen molar-refractivity contribution in [3.8, 4) is 5.69 Å². The standard InChI is InChI=1S/C22H25N7O2/c1-26-13-18(23-15-26)14-27-6-2-16(3-7-27)10-17-4-9-29-19(11-17)20(12-24-29)28-8-5-21(30)25-22(28)31/h4-5,8-9,11-13,15-16H,2-3,6-7,10,14H2,1H3,(H,25,30,31). The normalized spacial score (nSPS) is 15.6. The van der Waals surface area contributed by atoms with Gasteiger partial charge < -0.3 is 4.57 Å². The first-order chi connectivity index (χ1) is 15.0. The van der Waals surface area contributed by atoms with Crippen LogP contribution in [0.25, 0.3) is 11.2 Å². The lowest BCUT2D eigenvalue weighted by molar-refractivity contribution is 0.175. The molecule has 0 unspecified atom stereocenters. The maximum absolute atomic E-state index is 12.2. The zero-order chi connectivity index (χ0) is 21.4. The smallest absolute Gasteiger partial charge is 0.333 e. The molecule has 1 saturated heterocycles. The number of pyridine rings is 1. The Balaban J connectivity index is 1.29. The topological polar surface area (TPSA) is 93.2 Å². The maximum Gasteiger partial charge on any atom is 0.333 e. The summed E-state index contributed by atoms with van der Waals surface area (Å²) in [6.07, 6.45) is 12.3. The second-order valence-corrected chi connectivity index (χ2v) is 8.33. The van der Waals surface area contributed by atoms with Gasteiger partial charge in [0.25, 0.3) is 5.56 Å². The van der Waals surface area contributed by atoms with Gasteiger partial charge in [0, 0.05) is 38.2 Å². The minimum absolute atomic E-state index is 0.409. The average molecular weight is 419 g/mol. The summed E-state index contributed by atoms with van der Waals surface area (Å²) in [5.74, 6) is 0.629. The van der Waals surface area contributed by atoms with Crippen LogP contribution in [0.2, 0.25) is 0 Å². The largest absolute Gasteiger partial charge is 0.340 e. The Morgan fingerprint density at radius 3 is 2.74 bits per heavy atom. The van der Waals surface area contributed by atoms with Crippen LogP contribution < -0.4 is 11.2 Å². The summed E-state index contributed by atoms with van der Waals surface area (Å²) in [4.78, 5) is 32.8. The Morgan fingerprint density at radius 1 is 1.16 bits per heavy atom. The van der Waals surface area contributed by atoms with E-state index < -0.39 is 11.2 Å². The summed E-state index contributed by atoms with van der Waals surface area (Å²) in [5, 5.41) is 4.35. The fourth-order valence-electron chi connectivity index (χ4n) is 4.39. The molecule has 0 aliphatic carbocycles. The van der Waals surface area contributed by atoms with Crippen LogP contribution in [0.4, 0.5) is 0 Å². The van der Waals surface area contributed by atoms with E-state index >= 15 is 0 Å². The van der Waals surface area contributed by atoms with Crippen molar-refractivity contribution in [2.45, 2.75) is 25.8 Å². The van der Waals surface area contributed by atoms with E-state index in [-0.39, 0.29) is 0 Å². The highest BCUT2D eigenvalue weighted by atomic mass is 16.2. The van der Waals surface area contributed by atoms with Gasteiger partial charge in [-0.1, -0.05) is 0 Å². The first-order valence-corrected chi connectivity index (χ1v) is 10.5. The molecule has 4 aromatic heterocycles. The first-order valence-electron chi connectivity index (χ1n) is 10.5. The van der Waals surface area contributed by atoms with Crippen LogP contribution >= 0.6 is 0 Å². The molecule has 1 aliphatic heterocycles. The number of hydrogen-bond acceptors (Lipinski definition) is 5. The molecule has 1 N–H and O–H groups in total. The molecular weight excluding hydrogens is 394 g/mol. The lowest BCUT2D eigenvalue weighted by atomic mass is 9.90. The Labute approximate surface area is 178 Å². The van der Waals surface area contributed by atoms with E-state index in [1.54, 1.807) is 10.7 Å². The van der Waals surface area contributed by atoms with Gasteiger partial charge in [0.05, 0.1) is 29.4 Å². The van der Waals surface area contributed by atoms with Gasteiger partial charge in [-0.05, 0) is 56.0 Å². The Kier molecular flexibility index (Phi) is 5.03. The molecule has 5 rings (SSSR count). The molecule has 4 aromatic rings. The van der Waals surface area contributed by atoms with Crippen molar-refractivity contribution in [1.82, 2.24) is 33.6 Å². The van der Waals surface area contributed by atoms with Gasteiger partial charge in [0.1, 0.15) is 0 Å². The summed E-state index contributed by atoms with van der Waals surface area (Å²) in [5.41, 5.74) is 2.99. The quantitative estimate of drug-likeness (QED) is 0.527. The molecule has 0 aromatic carbocycles. The summed E-state index contributed by atoms with van der Waals surface area (Å²) in [6, 6.07) is 5.54. The van der Waals surface area contributed by atoms with Crippen molar-refractivity contribution in [2.24, 2.45) is 13.0 Å². The molecule has 1 fully saturated rings. The number of nitrogens with one attached hydrogen (secondary N) is 1. The van der Waals surface area contributed by atoms with Gasteiger partial charge in [-0.15, -0.1) is 0 Å². The van der Waals surface area contributed by atoms with Gasteiger partial charge >= 0.3 is 5.69 Å². The molecule has 0 radical (unpaired) electrons. The predicted octanol–water partition coefficient (Wildman–Crippen LogP) is 1.36. The molecular formula is C22H25N7O2. The van der Waals surface area contributed by atoms with Crippen molar-refractivity contribution in [2.75, 3.05) is 13.1 Å². The van der Waals surface area contributed by atoms with Gasteiger partial charge in [0.15, 0.2) is 0 Å². The van der Waals surface area contributed by atoms with E-state index in [0.29, 0.717) is 11.6 Å². The van der Waals surface area contributed by atoms with Gasteiger partial charge in [-0.3, -0.25) is 19.2 Å². The van der Waals surface area contributed by atoms with Crippen LogP contribution in [0.15, 0.2) is 58.9 Å². The monoisotopic (exact) mass is 419 g/mol. The Hall–Kier alpha value is -3.46. The summed E-state index contributed by atoms with van der Waals surface area (Å²) < 4.78 is 5.17. The zero-order valence-electron chi connectivity index (χ0n) is 17.4. The van der Waals surface area contributed by atoms with E-state index in [2.05, 4.69) is 38.3 Å². The molecule has 0 atom stereocenters. The fourth-order valence-corrected chi connectivity index (χ4v) is 4.39. The third kappa shape index (κ3) is 4.09. The number of rotatable bonds is 5. The number of aromatic nitrogens is 6. The number of H-pyrrole nitrogens is 1. The van der Waals surface area contributed by atoms with Gasteiger partial charge in [-0.25, -0.2) is 14.3 Å². The molecule has 0 saturated carbocycles. The molecule has 1 aliphatic rings. The van der Waals surface area contributed by atoms with Crippen LogP contribution in [0.1, 0.15) is 24.1 Å². The van der Waals surface area contributed by atoms with Crippen molar-refractivity contribution in [1.29, 1.82) is 0 Å².